The van der Waals surface area contributed by atoms with Crippen molar-refractivity contribution in [3.63, 3.8) is 0 Å². The summed E-state index contributed by atoms with van der Waals surface area (Å²) in [5.41, 5.74) is 0.595. The van der Waals surface area contributed by atoms with Crippen molar-refractivity contribution < 1.29 is 8.78 Å². The minimum atomic E-state index is -0.510. The zero-order valence-corrected chi connectivity index (χ0v) is 14.1. The molecule has 1 aromatic carbocycles. The van der Waals surface area contributed by atoms with Gasteiger partial charge in [-0.1, -0.05) is 6.07 Å². The van der Waals surface area contributed by atoms with Crippen LogP contribution < -0.4 is 0 Å². The normalized spacial score (nSPS) is 26.3. The van der Waals surface area contributed by atoms with E-state index in [1.807, 2.05) is 6.92 Å². The average molecular weight is 323 g/mol. The molecule has 2 fully saturated rings. The molecule has 0 amide bonds. The summed E-state index contributed by atoms with van der Waals surface area (Å²) < 4.78 is 27.1. The molecule has 3 rings (SSSR count). The lowest BCUT2D eigenvalue weighted by atomic mass is 10.0. The van der Waals surface area contributed by atoms with E-state index < -0.39 is 11.6 Å². The maximum Gasteiger partial charge on any atom is 0.130 e. The number of piperazine rings is 1. The van der Waals surface area contributed by atoms with Crippen LogP contribution in [0.2, 0.25) is 0 Å². The second kappa shape index (κ2) is 7.24. The third kappa shape index (κ3) is 3.90. The van der Waals surface area contributed by atoms with Crippen molar-refractivity contribution in [2.24, 2.45) is 0 Å². The Hall–Kier alpha value is -1.04. The first-order valence-corrected chi connectivity index (χ1v) is 8.66. The van der Waals surface area contributed by atoms with Crippen LogP contribution in [-0.4, -0.2) is 67.1 Å². The fourth-order valence-electron chi connectivity index (χ4n) is 3.96. The van der Waals surface area contributed by atoms with Gasteiger partial charge < -0.3 is 4.90 Å². The summed E-state index contributed by atoms with van der Waals surface area (Å²) in [4.78, 5) is 7.30. The summed E-state index contributed by atoms with van der Waals surface area (Å²) in [7, 11) is 2.20. The summed E-state index contributed by atoms with van der Waals surface area (Å²) in [6.07, 6.45) is 2.56. The summed E-state index contributed by atoms with van der Waals surface area (Å²) in [5.74, 6) is -0.946. The second-order valence-electron chi connectivity index (χ2n) is 6.97. The third-order valence-electron chi connectivity index (χ3n) is 5.43. The van der Waals surface area contributed by atoms with Crippen LogP contribution in [0.1, 0.15) is 31.4 Å². The molecule has 0 radical (unpaired) electrons. The fourth-order valence-corrected chi connectivity index (χ4v) is 3.96. The van der Waals surface area contributed by atoms with Gasteiger partial charge in [0.1, 0.15) is 11.6 Å². The standard InChI is InChI=1S/C18H27F2N3/c1-14(17-6-5-15(19)12-18(17)20)22-8-10-23(11-9-22)16-4-3-7-21(2)13-16/h5-6,12,14,16H,3-4,7-11,13H2,1-2H3/t14-,16-/m0/s1. The van der Waals surface area contributed by atoms with E-state index in [9.17, 15) is 8.78 Å². The van der Waals surface area contributed by atoms with Crippen LogP contribution in [0.3, 0.4) is 0 Å². The van der Waals surface area contributed by atoms with E-state index in [4.69, 9.17) is 0 Å². The quantitative estimate of drug-likeness (QED) is 0.847. The van der Waals surface area contributed by atoms with E-state index >= 15 is 0 Å². The lowest BCUT2D eigenvalue weighted by Crippen LogP contribution is -2.54. The predicted octanol–water partition coefficient (Wildman–Crippen LogP) is 2.74. The highest BCUT2D eigenvalue weighted by atomic mass is 19.1. The van der Waals surface area contributed by atoms with E-state index in [0.717, 1.165) is 38.8 Å². The fraction of sp³-hybridized carbons (Fsp3) is 0.667. The first kappa shape index (κ1) is 16.8. The van der Waals surface area contributed by atoms with Gasteiger partial charge in [-0.3, -0.25) is 9.80 Å². The molecule has 5 heteroatoms. The number of nitrogens with zero attached hydrogens (tertiary/aromatic N) is 3. The van der Waals surface area contributed by atoms with Crippen LogP contribution in [0, 0.1) is 11.6 Å². The molecular formula is C18H27F2N3. The molecule has 0 aliphatic carbocycles. The molecule has 2 aliphatic rings. The van der Waals surface area contributed by atoms with Gasteiger partial charge in [-0.2, -0.15) is 0 Å². The van der Waals surface area contributed by atoms with Crippen molar-refractivity contribution in [3.8, 4) is 0 Å². The Labute approximate surface area is 137 Å². The Kier molecular flexibility index (Phi) is 5.29. The van der Waals surface area contributed by atoms with Gasteiger partial charge in [-0.25, -0.2) is 8.78 Å². The van der Waals surface area contributed by atoms with Crippen LogP contribution in [0.25, 0.3) is 0 Å². The van der Waals surface area contributed by atoms with Gasteiger partial charge in [0.25, 0.3) is 0 Å². The number of likely N-dealkylation sites (tertiary alicyclic amines) is 1. The molecular weight excluding hydrogens is 296 g/mol. The minimum Gasteiger partial charge on any atom is -0.305 e. The third-order valence-corrected chi connectivity index (χ3v) is 5.43. The number of hydrogen-bond donors (Lipinski definition) is 0. The van der Waals surface area contributed by atoms with Crippen molar-refractivity contribution in [2.75, 3.05) is 46.3 Å². The molecule has 0 aromatic heterocycles. The lowest BCUT2D eigenvalue weighted by molar-refractivity contribution is 0.0447. The molecule has 3 nitrogen and oxygen atoms in total. The van der Waals surface area contributed by atoms with E-state index in [-0.39, 0.29) is 6.04 Å². The van der Waals surface area contributed by atoms with Gasteiger partial charge in [-0.05, 0) is 39.4 Å². The van der Waals surface area contributed by atoms with E-state index in [1.165, 1.54) is 25.5 Å². The van der Waals surface area contributed by atoms with Crippen LogP contribution in [0.4, 0.5) is 8.78 Å². The number of likely N-dealkylation sites (N-methyl/N-ethyl adjacent to an activating group) is 1. The van der Waals surface area contributed by atoms with Crippen molar-refractivity contribution in [2.45, 2.75) is 31.8 Å². The smallest absolute Gasteiger partial charge is 0.130 e. The molecule has 0 unspecified atom stereocenters. The van der Waals surface area contributed by atoms with Gasteiger partial charge >= 0.3 is 0 Å². The van der Waals surface area contributed by atoms with E-state index in [2.05, 4.69) is 21.7 Å². The molecule has 2 heterocycles. The molecule has 2 aliphatic heterocycles. The topological polar surface area (TPSA) is 9.72 Å². The number of hydrogen-bond acceptors (Lipinski definition) is 3. The Balaban J connectivity index is 1.57. The molecule has 0 N–H and O–H groups in total. The second-order valence-corrected chi connectivity index (χ2v) is 6.97. The van der Waals surface area contributed by atoms with Gasteiger partial charge in [0.15, 0.2) is 0 Å². The zero-order valence-electron chi connectivity index (χ0n) is 14.1. The molecule has 1 aromatic rings. The Morgan fingerprint density at radius 2 is 1.83 bits per heavy atom. The van der Waals surface area contributed by atoms with Gasteiger partial charge in [0.2, 0.25) is 0 Å². The highest BCUT2D eigenvalue weighted by Gasteiger charge is 2.29. The summed E-state index contributed by atoms with van der Waals surface area (Å²) in [6, 6.07) is 4.57. The largest absolute Gasteiger partial charge is 0.305 e. The minimum absolute atomic E-state index is 0.00761. The van der Waals surface area contributed by atoms with E-state index in [0.29, 0.717) is 11.6 Å². The predicted molar refractivity (Wildman–Crippen MR) is 88.4 cm³/mol. The summed E-state index contributed by atoms with van der Waals surface area (Å²) in [5, 5.41) is 0. The molecule has 0 spiro atoms. The molecule has 0 saturated carbocycles. The maximum atomic E-state index is 14.0. The number of benzene rings is 1. The highest BCUT2D eigenvalue weighted by Crippen LogP contribution is 2.26. The number of piperidine rings is 1. The molecule has 128 valence electrons. The van der Waals surface area contributed by atoms with Crippen molar-refractivity contribution in [1.29, 1.82) is 0 Å². The molecule has 23 heavy (non-hydrogen) atoms. The Bertz CT molecular complexity index is 529. The molecule has 0 bridgehead atoms. The van der Waals surface area contributed by atoms with Crippen molar-refractivity contribution in [3.05, 3.63) is 35.4 Å². The number of halogens is 2. The molecule has 2 atom stereocenters. The first-order valence-electron chi connectivity index (χ1n) is 8.66. The van der Waals surface area contributed by atoms with Crippen LogP contribution in [-0.2, 0) is 0 Å². The SMILES string of the molecule is C[C@@H](c1ccc(F)cc1F)N1CCN([C@H]2CCCN(C)C2)CC1. The Morgan fingerprint density at radius 1 is 1.09 bits per heavy atom. The van der Waals surface area contributed by atoms with E-state index in [1.54, 1.807) is 6.07 Å². The maximum absolute atomic E-state index is 14.0. The Morgan fingerprint density at radius 3 is 2.48 bits per heavy atom. The van der Waals surface area contributed by atoms with Gasteiger partial charge in [-0.15, -0.1) is 0 Å². The first-order chi connectivity index (χ1) is 11.0. The lowest BCUT2D eigenvalue weighted by Gasteiger charge is -2.44. The monoisotopic (exact) mass is 323 g/mol. The summed E-state index contributed by atoms with van der Waals surface area (Å²) >= 11 is 0. The van der Waals surface area contributed by atoms with Crippen molar-refractivity contribution >= 4 is 0 Å². The van der Waals surface area contributed by atoms with Crippen LogP contribution in [0.5, 0.6) is 0 Å². The summed E-state index contributed by atoms with van der Waals surface area (Å²) in [6.45, 7) is 8.33. The van der Waals surface area contributed by atoms with Gasteiger partial charge in [0.05, 0.1) is 0 Å². The average Bonchev–Trinajstić information content (AvgIpc) is 2.54. The van der Waals surface area contributed by atoms with Crippen LogP contribution in [0.15, 0.2) is 18.2 Å². The van der Waals surface area contributed by atoms with Gasteiger partial charge in [0, 0.05) is 56.4 Å². The highest BCUT2D eigenvalue weighted by molar-refractivity contribution is 5.22. The van der Waals surface area contributed by atoms with Crippen molar-refractivity contribution in [1.82, 2.24) is 14.7 Å². The van der Waals surface area contributed by atoms with Crippen LogP contribution >= 0.6 is 0 Å². The number of rotatable bonds is 3. The molecule has 2 saturated heterocycles. The zero-order chi connectivity index (χ0) is 16.4.